The number of hydrogen-bond donors (Lipinski definition) is 1. The first-order chi connectivity index (χ1) is 9.95. The molecule has 2 rings (SSSR count). The fraction of sp³-hybridized carbons (Fsp3) is 0.353. The lowest BCUT2D eigenvalue weighted by Crippen LogP contribution is -2.32. The van der Waals surface area contributed by atoms with Crippen molar-refractivity contribution in [2.24, 2.45) is 5.92 Å². The van der Waals surface area contributed by atoms with Crippen molar-refractivity contribution in [3.63, 3.8) is 0 Å². The second-order valence-corrected chi connectivity index (χ2v) is 7.20. The van der Waals surface area contributed by atoms with Crippen molar-refractivity contribution >= 4 is 28.8 Å². The molecule has 1 heterocycles. The van der Waals surface area contributed by atoms with Crippen molar-refractivity contribution in [1.29, 1.82) is 0 Å². The first kappa shape index (κ1) is 16.1. The molecule has 0 spiro atoms. The molecule has 1 N–H and O–H groups in total. The Morgan fingerprint density at radius 2 is 2.00 bits per heavy atom. The van der Waals surface area contributed by atoms with Crippen LogP contribution in [0.2, 0.25) is 5.02 Å². The second-order valence-electron chi connectivity index (χ2n) is 5.68. The molecule has 0 aliphatic rings. The third kappa shape index (κ3) is 4.58. The molecular formula is C17H20ClNOS. The molecule has 0 fully saturated rings. The SMILES string of the molecule is CC(C)C[C@@H](C)NC(=O)c1ccc(-c2cccc(Cl)c2)s1. The van der Waals surface area contributed by atoms with E-state index >= 15 is 0 Å². The number of amides is 1. The van der Waals surface area contributed by atoms with E-state index in [4.69, 9.17) is 11.6 Å². The van der Waals surface area contributed by atoms with Crippen LogP contribution in [-0.4, -0.2) is 11.9 Å². The predicted octanol–water partition coefficient (Wildman–Crippen LogP) is 5.23. The van der Waals surface area contributed by atoms with Crippen molar-refractivity contribution in [2.75, 3.05) is 0 Å². The third-order valence-electron chi connectivity index (χ3n) is 3.14. The topological polar surface area (TPSA) is 29.1 Å². The monoisotopic (exact) mass is 321 g/mol. The van der Waals surface area contributed by atoms with Crippen LogP contribution in [0.4, 0.5) is 0 Å². The van der Waals surface area contributed by atoms with Gasteiger partial charge in [-0.15, -0.1) is 11.3 Å². The first-order valence-corrected chi connectivity index (χ1v) is 8.32. The highest BCUT2D eigenvalue weighted by Gasteiger charge is 2.13. The van der Waals surface area contributed by atoms with Gasteiger partial charge in [0.1, 0.15) is 0 Å². The first-order valence-electron chi connectivity index (χ1n) is 7.12. The number of nitrogens with one attached hydrogen (secondary N) is 1. The molecule has 21 heavy (non-hydrogen) atoms. The molecule has 0 saturated heterocycles. The third-order valence-corrected chi connectivity index (χ3v) is 4.51. The molecule has 1 amide bonds. The van der Waals surface area contributed by atoms with Gasteiger partial charge in [0.2, 0.25) is 0 Å². The van der Waals surface area contributed by atoms with Crippen molar-refractivity contribution in [3.8, 4) is 10.4 Å². The van der Waals surface area contributed by atoms with Gasteiger partial charge in [0, 0.05) is 15.9 Å². The molecule has 0 aliphatic heterocycles. The maximum absolute atomic E-state index is 12.2. The van der Waals surface area contributed by atoms with E-state index in [1.54, 1.807) is 0 Å². The zero-order chi connectivity index (χ0) is 15.4. The molecule has 2 aromatic rings. The Kier molecular flexibility index (Phi) is 5.43. The van der Waals surface area contributed by atoms with E-state index in [0.29, 0.717) is 10.9 Å². The Hall–Kier alpha value is -1.32. The largest absolute Gasteiger partial charge is 0.349 e. The van der Waals surface area contributed by atoms with Gasteiger partial charge in [0.05, 0.1) is 4.88 Å². The van der Waals surface area contributed by atoms with Crippen LogP contribution >= 0.6 is 22.9 Å². The number of benzene rings is 1. The van der Waals surface area contributed by atoms with Crippen LogP contribution in [-0.2, 0) is 0 Å². The van der Waals surface area contributed by atoms with E-state index < -0.39 is 0 Å². The molecule has 0 saturated carbocycles. The molecule has 4 heteroatoms. The van der Waals surface area contributed by atoms with Crippen LogP contribution < -0.4 is 5.32 Å². The van der Waals surface area contributed by atoms with E-state index in [1.807, 2.05) is 43.3 Å². The highest BCUT2D eigenvalue weighted by Crippen LogP contribution is 2.29. The van der Waals surface area contributed by atoms with Crippen molar-refractivity contribution < 1.29 is 4.79 Å². The predicted molar refractivity (Wildman–Crippen MR) is 91.1 cm³/mol. The summed E-state index contributed by atoms with van der Waals surface area (Å²) in [6.45, 7) is 6.36. The smallest absolute Gasteiger partial charge is 0.261 e. The van der Waals surface area contributed by atoms with Crippen molar-refractivity contribution in [1.82, 2.24) is 5.32 Å². The van der Waals surface area contributed by atoms with E-state index in [9.17, 15) is 4.79 Å². The summed E-state index contributed by atoms with van der Waals surface area (Å²) >= 11 is 7.50. The van der Waals surface area contributed by atoms with Gasteiger partial charge < -0.3 is 5.32 Å². The molecule has 1 aromatic carbocycles. The molecule has 0 aliphatic carbocycles. The molecule has 0 unspecified atom stereocenters. The average Bonchev–Trinajstić information content (AvgIpc) is 2.87. The summed E-state index contributed by atoms with van der Waals surface area (Å²) in [6.07, 6.45) is 0.984. The van der Waals surface area contributed by atoms with Gasteiger partial charge in [0.15, 0.2) is 0 Å². The van der Waals surface area contributed by atoms with Crippen LogP contribution in [0.1, 0.15) is 36.9 Å². The zero-order valence-corrected chi connectivity index (χ0v) is 14.1. The fourth-order valence-corrected chi connectivity index (χ4v) is 3.41. The molecular weight excluding hydrogens is 302 g/mol. The summed E-state index contributed by atoms with van der Waals surface area (Å²) in [6, 6.07) is 11.7. The normalized spacial score (nSPS) is 12.4. The van der Waals surface area contributed by atoms with Gasteiger partial charge in [-0.3, -0.25) is 4.79 Å². The summed E-state index contributed by atoms with van der Waals surface area (Å²) in [7, 11) is 0. The van der Waals surface area contributed by atoms with Crippen LogP contribution in [0, 0.1) is 5.92 Å². The summed E-state index contributed by atoms with van der Waals surface area (Å²) in [5.74, 6) is 0.576. The van der Waals surface area contributed by atoms with E-state index in [1.165, 1.54) is 11.3 Å². The van der Waals surface area contributed by atoms with Gasteiger partial charge in [-0.2, -0.15) is 0 Å². The summed E-state index contributed by atoms with van der Waals surface area (Å²) in [5.41, 5.74) is 1.04. The quantitative estimate of drug-likeness (QED) is 0.802. The van der Waals surface area contributed by atoms with Gasteiger partial charge in [0.25, 0.3) is 5.91 Å². The molecule has 1 aromatic heterocycles. The number of thiophene rings is 1. The highest BCUT2D eigenvalue weighted by atomic mass is 35.5. The van der Waals surface area contributed by atoms with E-state index in [0.717, 1.165) is 21.7 Å². The Labute approximate surface area is 135 Å². The average molecular weight is 322 g/mol. The number of hydrogen-bond acceptors (Lipinski definition) is 2. The summed E-state index contributed by atoms with van der Waals surface area (Å²) < 4.78 is 0. The van der Waals surface area contributed by atoms with Gasteiger partial charge in [-0.05, 0) is 49.1 Å². The van der Waals surface area contributed by atoms with Crippen LogP contribution in [0.3, 0.4) is 0 Å². The maximum atomic E-state index is 12.2. The Balaban J connectivity index is 2.07. The van der Waals surface area contributed by atoms with Gasteiger partial charge >= 0.3 is 0 Å². The summed E-state index contributed by atoms with van der Waals surface area (Å²) in [5, 5.41) is 3.76. The summed E-state index contributed by atoms with van der Waals surface area (Å²) in [4.78, 5) is 14.0. The minimum atomic E-state index is 0.00132. The van der Waals surface area contributed by atoms with E-state index in [2.05, 4.69) is 19.2 Å². The number of halogens is 1. The van der Waals surface area contributed by atoms with Gasteiger partial charge in [-0.1, -0.05) is 37.6 Å². The number of rotatable bonds is 5. The van der Waals surface area contributed by atoms with Crippen molar-refractivity contribution in [3.05, 3.63) is 46.3 Å². The standard InChI is InChI=1S/C17H20ClNOS/c1-11(2)9-12(3)19-17(20)16-8-7-15(21-16)13-5-4-6-14(18)10-13/h4-8,10-12H,9H2,1-3H3,(H,19,20)/t12-/m1/s1. The lowest BCUT2D eigenvalue weighted by atomic mass is 10.1. The van der Waals surface area contributed by atoms with Gasteiger partial charge in [-0.25, -0.2) is 0 Å². The minimum absolute atomic E-state index is 0.00132. The highest BCUT2D eigenvalue weighted by molar-refractivity contribution is 7.17. The number of carbonyl (C=O) groups excluding carboxylic acids is 1. The van der Waals surface area contributed by atoms with Crippen LogP contribution in [0.5, 0.6) is 0 Å². The Morgan fingerprint density at radius 1 is 1.24 bits per heavy atom. The lowest BCUT2D eigenvalue weighted by Gasteiger charge is -2.15. The van der Waals surface area contributed by atoms with Crippen LogP contribution in [0.25, 0.3) is 10.4 Å². The minimum Gasteiger partial charge on any atom is -0.349 e. The van der Waals surface area contributed by atoms with E-state index in [-0.39, 0.29) is 11.9 Å². The lowest BCUT2D eigenvalue weighted by molar-refractivity contribution is 0.0940. The number of carbonyl (C=O) groups is 1. The van der Waals surface area contributed by atoms with Crippen LogP contribution in [0.15, 0.2) is 36.4 Å². The molecule has 2 nitrogen and oxygen atoms in total. The molecule has 0 radical (unpaired) electrons. The zero-order valence-electron chi connectivity index (χ0n) is 12.5. The molecule has 0 bridgehead atoms. The van der Waals surface area contributed by atoms with Crippen molar-refractivity contribution in [2.45, 2.75) is 33.2 Å². The maximum Gasteiger partial charge on any atom is 0.261 e. The molecule has 1 atom stereocenters. The molecule has 112 valence electrons. The second kappa shape index (κ2) is 7.10. The Morgan fingerprint density at radius 3 is 2.67 bits per heavy atom. The Bertz CT molecular complexity index is 621. The fourth-order valence-electron chi connectivity index (χ4n) is 2.32.